The highest BCUT2D eigenvalue weighted by atomic mass is 32.2. The molecule has 0 unspecified atom stereocenters. The number of hydrogen-bond acceptors (Lipinski definition) is 4. The fraction of sp³-hybridized carbons (Fsp3) is 0.105. The van der Waals surface area contributed by atoms with E-state index in [0.717, 1.165) is 27.5 Å². The molecule has 4 rings (SSSR count). The molecule has 2 aromatic carbocycles. The molecule has 0 radical (unpaired) electrons. The predicted octanol–water partition coefficient (Wildman–Crippen LogP) is 3.81. The van der Waals surface area contributed by atoms with E-state index in [4.69, 9.17) is 5.11 Å². The van der Waals surface area contributed by atoms with Gasteiger partial charge in [0.1, 0.15) is 5.52 Å². The fourth-order valence-corrected chi connectivity index (χ4v) is 3.62. The number of aromatic nitrogens is 3. The summed E-state index contributed by atoms with van der Waals surface area (Å²) in [5.41, 5.74) is 3.81. The summed E-state index contributed by atoms with van der Waals surface area (Å²) in [5, 5.41) is 10.7. The molecular formula is C19H15N3O2S. The van der Waals surface area contributed by atoms with E-state index in [0.29, 0.717) is 11.7 Å². The molecule has 0 fully saturated rings. The number of thioether (sulfide) groups is 1. The minimum Gasteiger partial charge on any atom is -0.481 e. The largest absolute Gasteiger partial charge is 0.481 e. The topological polar surface area (TPSA) is 68.0 Å². The van der Waals surface area contributed by atoms with Crippen LogP contribution < -0.4 is 0 Å². The van der Waals surface area contributed by atoms with Crippen LogP contribution in [-0.4, -0.2) is 31.4 Å². The van der Waals surface area contributed by atoms with Gasteiger partial charge in [-0.25, -0.2) is 4.98 Å². The number of fused-ring (bicyclic) bond motifs is 3. The molecule has 25 heavy (non-hydrogen) atoms. The molecule has 0 aliphatic heterocycles. The molecule has 0 saturated carbocycles. The fourth-order valence-electron chi connectivity index (χ4n) is 2.89. The van der Waals surface area contributed by atoms with Crippen molar-refractivity contribution in [3.63, 3.8) is 0 Å². The smallest absolute Gasteiger partial charge is 0.313 e. The predicted molar refractivity (Wildman–Crippen MR) is 98.9 cm³/mol. The Balaban J connectivity index is 1.92. The molecule has 6 heteroatoms. The van der Waals surface area contributed by atoms with E-state index in [9.17, 15) is 4.79 Å². The third-order valence-corrected chi connectivity index (χ3v) is 4.91. The highest BCUT2D eigenvalue weighted by molar-refractivity contribution is 7.99. The maximum absolute atomic E-state index is 11.0. The Morgan fingerprint density at radius 1 is 1.04 bits per heavy atom. The van der Waals surface area contributed by atoms with Gasteiger partial charge in [-0.3, -0.25) is 9.78 Å². The summed E-state index contributed by atoms with van der Waals surface area (Å²) in [6.45, 7) is 0.632. The Kier molecular flexibility index (Phi) is 4.11. The molecule has 124 valence electrons. The van der Waals surface area contributed by atoms with Gasteiger partial charge in [-0.05, 0) is 11.6 Å². The first-order chi connectivity index (χ1) is 12.2. The van der Waals surface area contributed by atoms with Crippen LogP contribution in [0.3, 0.4) is 0 Å². The zero-order chi connectivity index (χ0) is 17.2. The highest BCUT2D eigenvalue weighted by Gasteiger charge is 2.16. The van der Waals surface area contributed by atoms with Crippen LogP contribution in [0.5, 0.6) is 0 Å². The van der Waals surface area contributed by atoms with Crippen LogP contribution in [0, 0.1) is 0 Å². The van der Waals surface area contributed by atoms with Gasteiger partial charge in [-0.1, -0.05) is 60.3 Å². The van der Waals surface area contributed by atoms with E-state index in [1.54, 1.807) is 6.20 Å². The van der Waals surface area contributed by atoms with Crippen molar-refractivity contribution in [1.82, 2.24) is 14.5 Å². The van der Waals surface area contributed by atoms with Gasteiger partial charge in [0.2, 0.25) is 0 Å². The van der Waals surface area contributed by atoms with Crippen LogP contribution in [0.1, 0.15) is 5.56 Å². The van der Waals surface area contributed by atoms with Crippen molar-refractivity contribution in [2.75, 3.05) is 5.75 Å². The summed E-state index contributed by atoms with van der Waals surface area (Å²) in [7, 11) is 0. The van der Waals surface area contributed by atoms with E-state index >= 15 is 0 Å². The van der Waals surface area contributed by atoms with Gasteiger partial charge in [0, 0.05) is 5.39 Å². The number of para-hydroxylation sites is 1. The molecule has 4 aromatic rings. The Bertz CT molecular complexity index is 1060. The minimum atomic E-state index is -0.855. The standard InChI is InChI=1S/C19H15N3O2S/c23-17(24)12-25-19-21-16-10-20-15-9-5-4-8-14(15)18(16)22(19)11-13-6-2-1-3-7-13/h1-10H,11-12H2,(H,23,24). The summed E-state index contributed by atoms with van der Waals surface area (Å²) in [5.74, 6) is -0.880. The van der Waals surface area contributed by atoms with E-state index in [-0.39, 0.29) is 5.75 Å². The molecule has 1 N–H and O–H groups in total. The Labute approximate surface area is 148 Å². The van der Waals surface area contributed by atoms with Gasteiger partial charge in [0.15, 0.2) is 5.16 Å². The summed E-state index contributed by atoms with van der Waals surface area (Å²) < 4.78 is 2.09. The van der Waals surface area contributed by atoms with Crippen molar-refractivity contribution in [3.05, 3.63) is 66.4 Å². The second-order valence-corrected chi connectivity index (χ2v) is 6.60. The second-order valence-electron chi connectivity index (χ2n) is 5.66. The molecule has 0 aliphatic carbocycles. The van der Waals surface area contributed by atoms with Crippen molar-refractivity contribution >= 4 is 39.7 Å². The number of carboxylic acid groups (broad SMARTS) is 1. The zero-order valence-electron chi connectivity index (χ0n) is 13.3. The van der Waals surface area contributed by atoms with Crippen molar-refractivity contribution < 1.29 is 9.90 Å². The monoisotopic (exact) mass is 349 g/mol. The number of rotatable bonds is 5. The molecule has 2 heterocycles. The summed E-state index contributed by atoms with van der Waals surface area (Å²) >= 11 is 1.23. The Morgan fingerprint density at radius 3 is 2.60 bits per heavy atom. The van der Waals surface area contributed by atoms with Gasteiger partial charge in [0.25, 0.3) is 0 Å². The molecule has 0 amide bonds. The van der Waals surface area contributed by atoms with E-state index in [1.807, 2.05) is 42.5 Å². The second kappa shape index (κ2) is 6.57. The van der Waals surface area contributed by atoms with Crippen LogP contribution in [0.4, 0.5) is 0 Å². The summed E-state index contributed by atoms with van der Waals surface area (Å²) in [4.78, 5) is 20.1. The first kappa shape index (κ1) is 15.7. The zero-order valence-corrected chi connectivity index (χ0v) is 14.1. The number of benzene rings is 2. The molecule has 5 nitrogen and oxygen atoms in total. The molecule has 0 bridgehead atoms. The number of hydrogen-bond donors (Lipinski definition) is 1. The lowest BCUT2D eigenvalue weighted by atomic mass is 10.2. The number of nitrogens with zero attached hydrogens (tertiary/aromatic N) is 3. The molecule has 2 aromatic heterocycles. The third-order valence-electron chi connectivity index (χ3n) is 3.95. The van der Waals surface area contributed by atoms with Crippen molar-refractivity contribution in [2.45, 2.75) is 11.7 Å². The van der Waals surface area contributed by atoms with Crippen molar-refractivity contribution in [3.8, 4) is 0 Å². The minimum absolute atomic E-state index is 0.0243. The third kappa shape index (κ3) is 3.08. The lowest BCUT2D eigenvalue weighted by molar-refractivity contribution is -0.133. The van der Waals surface area contributed by atoms with E-state index < -0.39 is 5.97 Å². The van der Waals surface area contributed by atoms with Crippen molar-refractivity contribution in [2.24, 2.45) is 0 Å². The lowest BCUT2D eigenvalue weighted by Gasteiger charge is -2.10. The molecule has 0 aliphatic rings. The van der Waals surface area contributed by atoms with Crippen LogP contribution in [0.25, 0.3) is 21.9 Å². The molecule has 0 spiro atoms. The van der Waals surface area contributed by atoms with Gasteiger partial charge in [-0.2, -0.15) is 0 Å². The SMILES string of the molecule is O=C(O)CSc1nc2cnc3ccccc3c2n1Cc1ccccc1. The molecular weight excluding hydrogens is 334 g/mol. The van der Waals surface area contributed by atoms with Crippen LogP contribution in [0.2, 0.25) is 0 Å². The number of pyridine rings is 1. The lowest BCUT2D eigenvalue weighted by Crippen LogP contribution is -2.04. The first-order valence-corrected chi connectivity index (χ1v) is 8.83. The number of carbonyl (C=O) groups is 1. The Hall–Kier alpha value is -2.86. The number of aliphatic carboxylic acids is 1. The normalized spacial score (nSPS) is 11.2. The maximum Gasteiger partial charge on any atom is 0.313 e. The highest BCUT2D eigenvalue weighted by Crippen LogP contribution is 2.29. The Morgan fingerprint density at radius 2 is 1.80 bits per heavy atom. The number of imidazole rings is 1. The van der Waals surface area contributed by atoms with Crippen molar-refractivity contribution in [1.29, 1.82) is 0 Å². The van der Waals surface area contributed by atoms with Gasteiger partial charge >= 0.3 is 5.97 Å². The van der Waals surface area contributed by atoms with Crippen LogP contribution in [-0.2, 0) is 11.3 Å². The average Bonchev–Trinajstić information content (AvgIpc) is 2.99. The van der Waals surface area contributed by atoms with Crippen LogP contribution >= 0.6 is 11.8 Å². The maximum atomic E-state index is 11.0. The summed E-state index contributed by atoms with van der Waals surface area (Å²) in [6, 6.07) is 18.0. The van der Waals surface area contributed by atoms with E-state index in [1.165, 1.54) is 11.8 Å². The van der Waals surface area contributed by atoms with Gasteiger partial charge in [0.05, 0.1) is 29.5 Å². The number of carboxylic acids is 1. The van der Waals surface area contributed by atoms with Gasteiger partial charge < -0.3 is 9.67 Å². The molecule has 0 saturated heterocycles. The first-order valence-electron chi connectivity index (χ1n) is 7.85. The average molecular weight is 349 g/mol. The quantitative estimate of drug-likeness (QED) is 0.555. The van der Waals surface area contributed by atoms with Crippen LogP contribution in [0.15, 0.2) is 66.0 Å². The summed E-state index contributed by atoms with van der Waals surface area (Å²) in [6.07, 6.45) is 1.75. The molecule has 0 atom stereocenters. The van der Waals surface area contributed by atoms with E-state index in [2.05, 4.69) is 26.7 Å². The van der Waals surface area contributed by atoms with Gasteiger partial charge in [-0.15, -0.1) is 0 Å².